The second-order valence-electron chi connectivity index (χ2n) is 8.60. The van der Waals surface area contributed by atoms with Gasteiger partial charge in [0, 0.05) is 20.1 Å². The zero-order valence-electron chi connectivity index (χ0n) is 19.7. The smallest absolute Gasteiger partial charge is 0.254 e. The van der Waals surface area contributed by atoms with E-state index in [1.54, 1.807) is 13.8 Å². The second-order valence-corrected chi connectivity index (χ2v) is 12.4. The van der Waals surface area contributed by atoms with Crippen molar-refractivity contribution in [3.8, 4) is 11.5 Å². The summed E-state index contributed by atoms with van der Waals surface area (Å²) in [5, 5.41) is 2.41. The Hall–Kier alpha value is -2.67. The molecule has 10 nitrogen and oxygen atoms in total. The summed E-state index contributed by atoms with van der Waals surface area (Å²) in [6.45, 7) is 3.38. The molecular weight excluding hydrogens is 482 g/mol. The van der Waals surface area contributed by atoms with E-state index in [0.29, 0.717) is 11.5 Å². The van der Waals surface area contributed by atoms with Crippen LogP contribution >= 0.6 is 0 Å². The summed E-state index contributed by atoms with van der Waals surface area (Å²) < 4.78 is 66.7. The van der Waals surface area contributed by atoms with Gasteiger partial charge in [-0.1, -0.05) is 13.8 Å². The molecule has 0 radical (unpaired) electrons. The quantitative estimate of drug-likeness (QED) is 0.598. The van der Waals surface area contributed by atoms with E-state index in [-0.39, 0.29) is 22.9 Å². The van der Waals surface area contributed by atoms with Crippen molar-refractivity contribution in [2.45, 2.75) is 29.8 Å². The largest absolute Gasteiger partial charge is 0.497 e. The van der Waals surface area contributed by atoms with Crippen LogP contribution in [-0.2, 0) is 24.8 Å². The van der Waals surface area contributed by atoms with Crippen LogP contribution in [0.2, 0.25) is 0 Å². The Kier molecular flexibility index (Phi) is 7.27. The molecule has 1 fully saturated rings. The zero-order chi connectivity index (χ0) is 25.3. The number of nitrogens with zero attached hydrogens (tertiary/aromatic N) is 2. The number of carbonyl (C=O) groups is 1. The number of sulfonamides is 2. The fraction of sp³-hybridized carbons (Fsp3) is 0.409. The molecule has 1 amide bonds. The first kappa shape index (κ1) is 25.9. The molecule has 1 N–H and O–H groups in total. The molecule has 1 aliphatic rings. The number of hydrogen-bond donors (Lipinski definition) is 1. The molecule has 1 heterocycles. The second kappa shape index (κ2) is 9.53. The van der Waals surface area contributed by atoms with Crippen molar-refractivity contribution in [2.24, 2.45) is 5.41 Å². The molecule has 0 saturated carbocycles. The van der Waals surface area contributed by atoms with Gasteiger partial charge in [0.2, 0.25) is 20.0 Å². The molecule has 0 bridgehead atoms. The fourth-order valence-electron chi connectivity index (χ4n) is 3.80. The van der Waals surface area contributed by atoms with Crippen LogP contribution in [0.5, 0.6) is 11.5 Å². The topological polar surface area (TPSA) is 122 Å². The first-order valence-electron chi connectivity index (χ1n) is 10.4. The lowest BCUT2D eigenvalue weighted by Gasteiger charge is -2.47. The highest BCUT2D eigenvalue weighted by molar-refractivity contribution is 7.90. The van der Waals surface area contributed by atoms with Gasteiger partial charge in [0.1, 0.15) is 11.5 Å². The molecule has 34 heavy (non-hydrogen) atoms. The standard InChI is InChI=1S/C22H29N3O7S2/c1-22(2)14-24(33(27,28)18-10-6-16(31-4)7-11-18)21(20(26)23-3)25(15-22)34(29,30)19-12-8-17(32-5)9-13-19/h6-13,21H,14-15H2,1-5H3,(H,23,26). The summed E-state index contributed by atoms with van der Waals surface area (Å²) in [4.78, 5) is 12.8. The average molecular weight is 512 g/mol. The summed E-state index contributed by atoms with van der Waals surface area (Å²) in [5.41, 5.74) is -0.788. The Labute approximate surface area is 200 Å². The van der Waals surface area contributed by atoms with Gasteiger partial charge in [0.05, 0.1) is 24.0 Å². The highest BCUT2D eigenvalue weighted by Crippen LogP contribution is 2.36. The minimum absolute atomic E-state index is 0.0614. The van der Waals surface area contributed by atoms with Crippen LogP contribution in [-0.4, -0.2) is 71.9 Å². The van der Waals surface area contributed by atoms with Crippen molar-refractivity contribution in [2.75, 3.05) is 34.4 Å². The van der Waals surface area contributed by atoms with Crippen LogP contribution in [0.4, 0.5) is 0 Å². The third-order valence-corrected chi connectivity index (χ3v) is 9.15. The third kappa shape index (κ3) is 4.90. The summed E-state index contributed by atoms with van der Waals surface area (Å²) in [6, 6.07) is 11.4. The van der Waals surface area contributed by atoms with Crippen LogP contribution in [0.3, 0.4) is 0 Å². The number of amides is 1. The summed E-state index contributed by atoms with van der Waals surface area (Å²) in [5.74, 6) is 0.165. The first-order chi connectivity index (χ1) is 15.9. The summed E-state index contributed by atoms with van der Waals surface area (Å²) >= 11 is 0. The molecule has 12 heteroatoms. The molecule has 1 aliphatic heterocycles. The van der Waals surface area contributed by atoms with E-state index in [9.17, 15) is 21.6 Å². The van der Waals surface area contributed by atoms with Gasteiger partial charge in [-0.2, -0.15) is 8.61 Å². The van der Waals surface area contributed by atoms with Crippen LogP contribution in [0, 0.1) is 5.41 Å². The Morgan fingerprint density at radius 2 is 1.18 bits per heavy atom. The highest BCUT2D eigenvalue weighted by Gasteiger charge is 2.51. The van der Waals surface area contributed by atoms with Crippen molar-refractivity contribution in [3.05, 3.63) is 48.5 Å². The Balaban J connectivity index is 2.15. The van der Waals surface area contributed by atoms with E-state index >= 15 is 0 Å². The first-order valence-corrected chi connectivity index (χ1v) is 13.3. The van der Waals surface area contributed by atoms with E-state index in [1.165, 1.54) is 69.8 Å². The minimum Gasteiger partial charge on any atom is -0.497 e. The highest BCUT2D eigenvalue weighted by atomic mass is 32.2. The lowest BCUT2D eigenvalue weighted by atomic mass is 9.91. The molecule has 0 aromatic heterocycles. The SMILES string of the molecule is CNC(=O)C1N(S(=O)(=O)c2ccc(OC)cc2)CC(C)(C)CN1S(=O)(=O)c1ccc(OC)cc1. The molecule has 186 valence electrons. The van der Waals surface area contributed by atoms with E-state index in [0.717, 1.165) is 8.61 Å². The maximum Gasteiger partial charge on any atom is 0.254 e. The van der Waals surface area contributed by atoms with Crippen molar-refractivity contribution < 1.29 is 31.1 Å². The number of ether oxygens (including phenoxy) is 2. The molecule has 0 aliphatic carbocycles. The lowest BCUT2D eigenvalue weighted by molar-refractivity contribution is -0.130. The zero-order valence-corrected chi connectivity index (χ0v) is 21.3. The molecule has 2 aromatic rings. The van der Waals surface area contributed by atoms with Gasteiger partial charge in [-0.05, 0) is 53.9 Å². The Morgan fingerprint density at radius 1 is 0.824 bits per heavy atom. The lowest BCUT2D eigenvalue weighted by Crippen LogP contribution is -2.67. The number of nitrogens with one attached hydrogen (secondary N) is 1. The predicted molar refractivity (Wildman–Crippen MR) is 125 cm³/mol. The van der Waals surface area contributed by atoms with E-state index in [1.807, 2.05) is 0 Å². The Bertz CT molecular complexity index is 1150. The van der Waals surface area contributed by atoms with Gasteiger partial charge < -0.3 is 14.8 Å². The van der Waals surface area contributed by atoms with Crippen molar-refractivity contribution >= 4 is 26.0 Å². The predicted octanol–water partition coefficient (Wildman–Crippen LogP) is 1.50. The molecule has 0 unspecified atom stereocenters. The van der Waals surface area contributed by atoms with Crippen LogP contribution in [0.1, 0.15) is 13.8 Å². The van der Waals surface area contributed by atoms with Gasteiger partial charge in [-0.15, -0.1) is 0 Å². The molecular formula is C22H29N3O7S2. The maximum atomic E-state index is 13.7. The number of carbonyl (C=O) groups excluding carboxylic acids is 1. The van der Waals surface area contributed by atoms with E-state index in [4.69, 9.17) is 9.47 Å². The van der Waals surface area contributed by atoms with Crippen LogP contribution in [0.25, 0.3) is 0 Å². The Morgan fingerprint density at radius 3 is 1.47 bits per heavy atom. The summed E-state index contributed by atoms with van der Waals surface area (Å²) in [7, 11) is -4.27. The van der Waals surface area contributed by atoms with Crippen LogP contribution < -0.4 is 14.8 Å². The molecule has 0 spiro atoms. The monoisotopic (exact) mass is 511 g/mol. The number of hydrogen-bond acceptors (Lipinski definition) is 7. The van der Waals surface area contributed by atoms with Gasteiger partial charge in [-0.3, -0.25) is 4.79 Å². The van der Waals surface area contributed by atoms with E-state index in [2.05, 4.69) is 5.32 Å². The number of benzene rings is 2. The number of rotatable bonds is 7. The van der Waals surface area contributed by atoms with E-state index < -0.39 is 37.5 Å². The molecule has 3 rings (SSSR count). The molecule has 1 saturated heterocycles. The van der Waals surface area contributed by atoms with Gasteiger partial charge >= 0.3 is 0 Å². The normalized spacial score (nSPS) is 17.8. The van der Waals surface area contributed by atoms with Gasteiger partial charge in [0.15, 0.2) is 6.17 Å². The van der Waals surface area contributed by atoms with Gasteiger partial charge in [0.25, 0.3) is 5.91 Å². The van der Waals surface area contributed by atoms with Crippen molar-refractivity contribution in [1.29, 1.82) is 0 Å². The minimum atomic E-state index is -4.26. The number of likely N-dealkylation sites (N-methyl/N-ethyl adjacent to an activating group) is 1. The third-order valence-electron chi connectivity index (χ3n) is 5.53. The molecule has 0 atom stereocenters. The van der Waals surface area contributed by atoms with Gasteiger partial charge in [-0.25, -0.2) is 16.8 Å². The van der Waals surface area contributed by atoms with Crippen LogP contribution in [0.15, 0.2) is 58.3 Å². The fourth-order valence-corrected chi connectivity index (χ4v) is 7.35. The van der Waals surface area contributed by atoms with Crippen molar-refractivity contribution in [3.63, 3.8) is 0 Å². The van der Waals surface area contributed by atoms with Crippen molar-refractivity contribution in [1.82, 2.24) is 13.9 Å². The molecule has 2 aromatic carbocycles. The summed E-state index contributed by atoms with van der Waals surface area (Å²) in [6.07, 6.45) is -1.61. The average Bonchev–Trinajstić information content (AvgIpc) is 2.82. The maximum absolute atomic E-state index is 13.7. The number of methoxy groups -OCH3 is 2.